The number of aliphatic hydroxyl groups is 1. The van der Waals surface area contributed by atoms with Crippen molar-refractivity contribution in [2.75, 3.05) is 26.2 Å². The van der Waals surface area contributed by atoms with Crippen molar-refractivity contribution in [3.05, 3.63) is 89.0 Å². The smallest absolute Gasteiger partial charge is 0.295 e. The number of benzene rings is 3. The van der Waals surface area contributed by atoms with E-state index >= 15 is 0 Å². The lowest BCUT2D eigenvalue weighted by atomic mass is 9.91. The van der Waals surface area contributed by atoms with Crippen LogP contribution in [0.4, 0.5) is 0 Å². The molecule has 170 valence electrons. The number of hydrogen-bond donors (Lipinski definition) is 1. The van der Waals surface area contributed by atoms with Gasteiger partial charge in [-0.05, 0) is 41.9 Å². The molecule has 1 aliphatic heterocycles. The molecule has 1 N–H and O–H groups in total. The molecule has 4 rings (SSSR count). The molecular weight excluding hydrogens is 412 g/mol. The van der Waals surface area contributed by atoms with E-state index in [1.54, 1.807) is 11.0 Å². The van der Waals surface area contributed by atoms with E-state index < -0.39 is 17.7 Å². The Balaban J connectivity index is 1.89. The molecule has 0 saturated carbocycles. The molecule has 0 radical (unpaired) electrons. The van der Waals surface area contributed by atoms with Crippen LogP contribution in [0.3, 0.4) is 0 Å². The molecule has 0 aliphatic carbocycles. The molecule has 3 aromatic carbocycles. The largest absolute Gasteiger partial charge is 0.507 e. The number of hydrogen-bond acceptors (Lipinski definition) is 4. The van der Waals surface area contributed by atoms with E-state index in [1.807, 2.05) is 67.6 Å². The number of Topliss-reactive ketones (excluding diaryl/α,β-unsaturated/α-hetero) is 1. The minimum absolute atomic E-state index is 0.122. The average molecular weight is 443 g/mol. The topological polar surface area (TPSA) is 60.9 Å². The summed E-state index contributed by atoms with van der Waals surface area (Å²) in [5.41, 5.74) is 2.55. The summed E-state index contributed by atoms with van der Waals surface area (Å²) >= 11 is 0. The predicted octanol–water partition coefficient (Wildman–Crippen LogP) is 4.91. The minimum atomic E-state index is -0.631. The van der Waals surface area contributed by atoms with Gasteiger partial charge in [-0.25, -0.2) is 0 Å². The van der Waals surface area contributed by atoms with Crippen molar-refractivity contribution in [1.82, 2.24) is 9.80 Å². The lowest BCUT2D eigenvalue weighted by Gasteiger charge is -2.29. The van der Waals surface area contributed by atoms with Crippen molar-refractivity contribution in [2.45, 2.75) is 26.8 Å². The van der Waals surface area contributed by atoms with Crippen LogP contribution < -0.4 is 0 Å². The fourth-order valence-electron chi connectivity index (χ4n) is 4.69. The van der Waals surface area contributed by atoms with Gasteiger partial charge in [0.2, 0.25) is 0 Å². The first-order valence-corrected chi connectivity index (χ1v) is 11.5. The van der Waals surface area contributed by atoms with Crippen LogP contribution in [0.5, 0.6) is 0 Å². The number of likely N-dealkylation sites (tertiary alicyclic amines) is 1. The number of aryl methyl sites for hydroxylation is 1. The zero-order valence-corrected chi connectivity index (χ0v) is 19.4. The van der Waals surface area contributed by atoms with Gasteiger partial charge >= 0.3 is 0 Å². The molecule has 5 heteroatoms. The van der Waals surface area contributed by atoms with Gasteiger partial charge in [-0.15, -0.1) is 0 Å². The maximum Gasteiger partial charge on any atom is 0.295 e. The number of carbonyl (C=O) groups excluding carboxylic acids is 2. The summed E-state index contributed by atoms with van der Waals surface area (Å²) in [5, 5.41) is 13.3. The highest BCUT2D eigenvalue weighted by atomic mass is 16.3. The molecule has 1 aliphatic rings. The van der Waals surface area contributed by atoms with E-state index in [9.17, 15) is 14.7 Å². The van der Waals surface area contributed by atoms with Gasteiger partial charge in [0.15, 0.2) is 0 Å². The van der Waals surface area contributed by atoms with Crippen LogP contribution in [0.1, 0.15) is 36.6 Å². The Morgan fingerprint density at radius 2 is 1.61 bits per heavy atom. The van der Waals surface area contributed by atoms with Gasteiger partial charge in [-0.1, -0.05) is 80.6 Å². The normalized spacial score (nSPS) is 17.9. The van der Waals surface area contributed by atoms with Crippen LogP contribution in [0.25, 0.3) is 16.5 Å². The third kappa shape index (κ3) is 4.16. The maximum atomic E-state index is 13.3. The highest BCUT2D eigenvalue weighted by Gasteiger charge is 2.46. The van der Waals surface area contributed by atoms with Crippen molar-refractivity contribution in [3.63, 3.8) is 0 Å². The Labute approximate surface area is 194 Å². The number of rotatable bonds is 7. The zero-order chi connectivity index (χ0) is 23.5. The van der Waals surface area contributed by atoms with Crippen molar-refractivity contribution in [2.24, 2.45) is 0 Å². The summed E-state index contributed by atoms with van der Waals surface area (Å²) in [4.78, 5) is 30.4. The van der Waals surface area contributed by atoms with Gasteiger partial charge in [0.25, 0.3) is 11.7 Å². The molecule has 0 aromatic heterocycles. The van der Waals surface area contributed by atoms with Crippen molar-refractivity contribution in [1.29, 1.82) is 0 Å². The standard InChI is InChI=1S/C28H30N2O3/c1-4-29(5-2)17-18-30-25(21-14-8-6-11-19(21)3)24(27(32)28(30)33)26(31)23-16-10-13-20-12-7-9-15-22(20)23/h6-16,25,31H,4-5,17-18H2,1-3H3/b26-24+. The fraction of sp³-hybridized carbons (Fsp3) is 0.286. The SMILES string of the molecule is CCN(CC)CCN1C(=O)C(=O)/C(=C(/O)c2cccc3ccccc23)C1c1ccccc1C. The number of carbonyl (C=O) groups is 2. The van der Waals surface area contributed by atoms with Crippen LogP contribution in [0.15, 0.2) is 72.3 Å². The summed E-state index contributed by atoms with van der Waals surface area (Å²) in [5.74, 6) is -1.31. The lowest BCUT2D eigenvalue weighted by molar-refractivity contribution is -0.140. The average Bonchev–Trinajstić information content (AvgIpc) is 3.09. The number of ketones is 1. The maximum absolute atomic E-state index is 13.3. The van der Waals surface area contributed by atoms with Crippen molar-refractivity contribution in [3.8, 4) is 0 Å². The van der Waals surface area contributed by atoms with Gasteiger partial charge in [0, 0.05) is 18.7 Å². The molecule has 5 nitrogen and oxygen atoms in total. The fourth-order valence-corrected chi connectivity index (χ4v) is 4.69. The zero-order valence-electron chi connectivity index (χ0n) is 19.4. The van der Waals surface area contributed by atoms with Crippen molar-refractivity contribution >= 4 is 28.2 Å². The summed E-state index contributed by atoms with van der Waals surface area (Å²) in [7, 11) is 0. The summed E-state index contributed by atoms with van der Waals surface area (Å²) in [6.07, 6.45) is 0. The molecule has 33 heavy (non-hydrogen) atoms. The molecule has 1 fully saturated rings. The lowest BCUT2D eigenvalue weighted by Crippen LogP contribution is -2.38. The number of nitrogens with zero attached hydrogens (tertiary/aromatic N) is 2. The number of amides is 1. The highest BCUT2D eigenvalue weighted by molar-refractivity contribution is 6.46. The Kier molecular flexibility index (Phi) is 6.61. The van der Waals surface area contributed by atoms with Gasteiger partial charge in [0.1, 0.15) is 5.76 Å². The molecule has 1 unspecified atom stereocenters. The molecule has 1 atom stereocenters. The summed E-state index contributed by atoms with van der Waals surface area (Å²) in [6, 6.07) is 20.5. The van der Waals surface area contributed by atoms with Crippen LogP contribution in [-0.2, 0) is 9.59 Å². The van der Waals surface area contributed by atoms with Gasteiger partial charge in [0.05, 0.1) is 11.6 Å². The molecule has 0 bridgehead atoms. The Hall–Kier alpha value is -3.44. The van der Waals surface area contributed by atoms with E-state index in [2.05, 4.69) is 18.7 Å². The van der Waals surface area contributed by atoms with Crippen LogP contribution in [0, 0.1) is 6.92 Å². The second-order valence-corrected chi connectivity index (χ2v) is 8.40. The first kappa shape index (κ1) is 22.7. The third-order valence-corrected chi connectivity index (χ3v) is 6.62. The second kappa shape index (κ2) is 9.59. The predicted molar refractivity (Wildman–Crippen MR) is 132 cm³/mol. The Morgan fingerprint density at radius 1 is 0.939 bits per heavy atom. The van der Waals surface area contributed by atoms with Crippen LogP contribution in [0.2, 0.25) is 0 Å². The van der Waals surface area contributed by atoms with E-state index in [0.717, 1.165) is 35.0 Å². The molecule has 1 heterocycles. The summed E-state index contributed by atoms with van der Waals surface area (Å²) < 4.78 is 0. The summed E-state index contributed by atoms with van der Waals surface area (Å²) in [6.45, 7) is 8.94. The number of fused-ring (bicyclic) bond motifs is 1. The Bertz CT molecular complexity index is 1220. The Morgan fingerprint density at radius 3 is 2.33 bits per heavy atom. The van der Waals surface area contributed by atoms with Crippen molar-refractivity contribution < 1.29 is 14.7 Å². The highest BCUT2D eigenvalue weighted by Crippen LogP contribution is 2.41. The molecular formula is C28H30N2O3. The molecule has 1 saturated heterocycles. The van der Waals surface area contributed by atoms with Gasteiger partial charge in [-0.3, -0.25) is 9.59 Å². The van der Waals surface area contributed by atoms with E-state index in [1.165, 1.54) is 0 Å². The minimum Gasteiger partial charge on any atom is -0.507 e. The van der Waals surface area contributed by atoms with Gasteiger partial charge in [-0.2, -0.15) is 0 Å². The monoisotopic (exact) mass is 442 g/mol. The molecule has 1 amide bonds. The van der Waals surface area contributed by atoms with E-state index in [-0.39, 0.29) is 11.3 Å². The molecule has 0 spiro atoms. The molecule has 3 aromatic rings. The number of likely N-dealkylation sites (N-methyl/N-ethyl adjacent to an activating group) is 1. The van der Waals surface area contributed by atoms with Crippen LogP contribution >= 0.6 is 0 Å². The quantitative estimate of drug-likeness (QED) is 0.321. The third-order valence-electron chi connectivity index (χ3n) is 6.62. The van der Waals surface area contributed by atoms with E-state index in [0.29, 0.717) is 18.7 Å². The first-order chi connectivity index (χ1) is 16.0. The first-order valence-electron chi connectivity index (χ1n) is 11.5. The second-order valence-electron chi connectivity index (χ2n) is 8.40. The number of aliphatic hydroxyl groups excluding tert-OH is 1. The van der Waals surface area contributed by atoms with Gasteiger partial charge < -0.3 is 14.9 Å². The van der Waals surface area contributed by atoms with E-state index in [4.69, 9.17) is 0 Å². The van der Waals surface area contributed by atoms with Crippen LogP contribution in [-0.4, -0.2) is 52.8 Å².